The van der Waals surface area contributed by atoms with Crippen molar-refractivity contribution in [3.8, 4) is 11.5 Å². The molecule has 0 heterocycles. The van der Waals surface area contributed by atoms with Crippen LogP contribution in [0, 0.1) is 0 Å². The van der Waals surface area contributed by atoms with E-state index in [2.05, 4.69) is 41.5 Å². The third-order valence-electron chi connectivity index (χ3n) is 4.63. The molecule has 0 spiro atoms. The second kappa shape index (κ2) is 8.22. The summed E-state index contributed by atoms with van der Waals surface area (Å²) in [6.07, 6.45) is 3.41. The lowest BCUT2D eigenvalue weighted by molar-refractivity contribution is 0.104. The Morgan fingerprint density at radius 1 is 0.964 bits per heavy atom. The summed E-state index contributed by atoms with van der Waals surface area (Å²) in [7, 11) is 0. The van der Waals surface area contributed by atoms with Crippen molar-refractivity contribution in [2.75, 3.05) is 6.61 Å². The van der Waals surface area contributed by atoms with Crippen molar-refractivity contribution in [2.45, 2.75) is 59.3 Å². The Morgan fingerprint density at radius 2 is 1.46 bits per heavy atom. The van der Waals surface area contributed by atoms with Crippen LogP contribution in [0.25, 0.3) is 6.08 Å². The maximum atomic E-state index is 12.5. The van der Waals surface area contributed by atoms with E-state index in [0.29, 0.717) is 17.9 Å². The van der Waals surface area contributed by atoms with Crippen LogP contribution in [-0.4, -0.2) is 17.5 Å². The minimum absolute atomic E-state index is 0.0641. The highest BCUT2D eigenvalue weighted by Crippen LogP contribution is 2.40. The highest BCUT2D eigenvalue weighted by atomic mass is 16.5. The van der Waals surface area contributed by atoms with Gasteiger partial charge in [0.2, 0.25) is 0 Å². The van der Waals surface area contributed by atoms with E-state index in [9.17, 15) is 9.90 Å². The van der Waals surface area contributed by atoms with Crippen LogP contribution in [0.2, 0.25) is 0 Å². The van der Waals surface area contributed by atoms with Crippen LogP contribution in [0.5, 0.6) is 11.5 Å². The van der Waals surface area contributed by atoms with Crippen molar-refractivity contribution >= 4 is 11.9 Å². The summed E-state index contributed by atoms with van der Waals surface area (Å²) in [5.41, 5.74) is 2.89. The fourth-order valence-corrected chi connectivity index (χ4v) is 3.05. The maximum Gasteiger partial charge on any atom is 0.185 e. The number of aromatic hydroxyl groups is 1. The molecule has 2 aromatic rings. The molecule has 0 saturated heterocycles. The van der Waals surface area contributed by atoms with Gasteiger partial charge in [-0.25, -0.2) is 0 Å². The number of hydrogen-bond donors (Lipinski definition) is 1. The number of rotatable bonds is 5. The fourth-order valence-electron chi connectivity index (χ4n) is 3.05. The van der Waals surface area contributed by atoms with Crippen LogP contribution in [0.15, 0.2) is 42.5 Å². The molecule has 0 atom stereocenters. The lowest BCUT2D eigenvalue weighted by atomic mass is 9.78. The molecule has 150 valence electrons. The van der Waals surface area contributed by atoms with Gasteiger partial charge in [0.25, 0.3) is 0 Å². The van der Waals surface area contributed by atoms with Gasteiger partial charge in [-0.2, -0.15) is 0 Å². The second-order valence-corrected chi connectivity index (χ2v) is 9.12. The molecule has 2 aromatic carbocycles. The first kappa shape index (κ1) is 21.7. The molecule has 1 N–H and O–H groups in total. The van der Waals surface area contributed by atoms with Gasteiger partial charge in [-0.15, -0.1) is 0 Å². The summed E-state index contributed by atoms with van der Waals surface area (Å²) in [6.45, 7) is 15.0. The molecular weight excluding hydrogens is 348 g/mol. The SMILES string of the molecule is CCOc1ccc(C(=O)/C=C/c2cc(C(C)(C)C)c(O)c(C(C)(C)C)c2)cc1. The van der Waals surface area contributed by atoms with Gasteiger partial charge in [-0.05, 0) is 65.8 Å². The molecule has 0 unspecified atom stereocenters. The summed E-state index contributed by atoms with van der Waals surface area (Å²) >= 11 is 0. The van der Waals surface area contributed by atoms with E-state index >= 15 is 0 Å². The standard InChI is InChI=1S/C25H32O3/c1-8-28-19-12-10-18(11-13-19)22(26)14-9-17-15-20(24(2,3)4)23(27)21(16-17)25(5,6)7/h9-16,27H,8H2,1-7H3/b14-9+. The molecule has 3 heteroatoms. The van der Waals surface area contributed by atoms with Gasteiger partial charge in [0.1, 0.15) is 11.5 Å². The van der Waals surface area contributed by atoms with Gasteiger partial charge >= 0.3 is 0 Å². The molecular formula is C25H32O3. The first-order valence-corrected chi connectivity index (χ1v) is 9.76. The lowest BCUT2D eigenvalue weighted by Gasteiger charge is -2.27. The molecule has 0 aromatic heterocycles. The molecule has 2 rings (SSSR count). The summed E-state index contributed by atoms with van der Waals surface area (Å²) < 4.78 is 5.42. The van der Waals surface area contributed by atoms with E-state index < -0.39 is 0 Å². The predicted molar refractivity (Wildman–Crippen MR) is 116 cm³/mol. The number of phenolic OH excluding ortho intramolecular Hbond substituents is 1. The van der Waals surface area contributed by atoms with Gasteiger partial charge in [0.15, 0.2) is 5.78 Å². The molecule has 0 bridgehead atoms. The molecule has 0 aliphatic heterocycles. The predicted octanol–water partition coefficient (Wildman–Crippen LogP) is 6.28. The largest absolute Gasteiger partial charge is 0.507 e. The number of benzene rings is 2. The van der Waals surface area contributed by atoms with E-state index in [-0.39, 0.29) is 16.6 Å². The number of phenols is 1. The summed E-state index contributed by atoms with van der Waals surface area (Å²) in [5, 5.41) is 10.8. The van der Waals surface area contributed by atoms with E-state index in [1.807, 2.05) is 25.1 Å². The van der Waals surface area contributed by atoms with Crippen LogP contribution in [-0.2, 0) is 10.8 Å². The average molecular weight is 381 g/mol. The Labute approximate surface area is 169 Å². The zero-order valence-corrected chi connectivity index (χ0v) is 18.1. The Bertz CT molecular complexity index is 825. The normalized spacial score (nSPS) is 12.4. The van der Waals surface area contributed by atoms with Crippen LogP contribution >= 0.6 is 0 Å². The number of allylic oxidation sites excluding steroid dienone is 1. The van der Waals surface area contributed by atoms with Crippen LogP contribution in [0.3, 0.4) is 0 Å². The zero-order chi connectivity index (χ0) is 21.1. The quantitative estimate of drug-likeness (QED) is 0.490. The highest BCUT2D eigenvalue weighted by molar-refractivity contribution is 6.06. The number of carbonyl (C=O) groups is 1. The second-order valence-electron chi connectivity index (χ2n) is 9.12. The van der Waals surface area contributed by atoms with Crippen LogP contribution < -0.4 is 4.74 Å². The maximum absolute atomic E-state index is 12.5. The third-order valence-corrected chi connectivity index (χ3v) is 4.63. The van der Waals surface area contributed by atoms with Crippen molar-refractivity contribution < 1.29 is 14.6 Å². The molecule has 28 heavy (non-hydrogen) atoms. The molecule has 0 fully saturated rings. The van der Waals surface area contributed by atoms with Gasteiger partial charge < -0.3 is 9.84 Å². The minimum Gasteiger partial charge on any atom is -0.507 e. The third kappa shape index (κ3) is 5.25. The van der Waals surface area contributed by atoms with Crippen molar-refractivity contribution in [1.29, 1.82) is 0 Å². The van der Waals surface area contributed by atoms with Crippen molar-refractivity contribution in [3.63, 3.8) is 0 Å². The monoisotopic (exact) mass is 380 g/mol. The zero-order valence-electron chi connectivity index (χ0n) is 18.1. The molecule has 0 aliphatic rings. The molecule has 0 amide bonds. The van der Waals surface area contributed by atoms with Crippen molar-refractivity contribution in [2.24, 2.45) is 0 Å². The topological polar surface area (TPSA) is 46.5 Å². The van der Waals surface area contributed by atoms with Crippen LogP contribution in [0.1, 0.15) is 75.5 Å². The highest BCUT2D eigenvalue weighted by Gasteiger charge is 2.26. The molecule has 0 radical (unpaired) electrons. The fraction of sp³-hybridized carbons (Fsp3) is 0.400. The van der Waals surface area contributed by atoms with E-state index in [0.717, 1.165) is 22.4 Å². The number of ether oxygens (including phenoxy) is 1. The first-order valence-electron chi connectivity index (χ1n) is 9.76. The van der Waals surface area contributed by atoms with Crippen molar-refractivity contribution in [1.82, 2.24) is 0 Å². The van der Waals surface area contributed by atoms with Gasteiger partial charge in [-0.3, -0.25) is 4.79 Å². The molecule has 0 aliphatic carbocycles. The first-order chi connectivity index (χ1) is 12.9. The van der Waals surface area contributed by atoms with Gasteiger partial charge in [-0.1, -0.05) is 47.6 Å². The van der Waals surface area contributed by atoms with E-state index in [1.165, 1.54) is 0 Å². The number of hydrogen-bond acceptors (Lipinski definition) is 3. The van der Waals surface area contributed by atoms with E-state index in [4.69, 9.17) is 4.74 Å². The van der Waals surface area contributed by atoms with Crippen LogP contribution in [0.4, 0.5) is 0 Å². The minimum atomic E-state index is -0.201. The Hall–Kier alpha value is -2.55. The van der Waals surface area contributed by atoms with Gasteiger partial charge in [0.05, 0.1) is 6.61 Å². The average Bonchev–Trinajstić information content (AvgIpc) is 2.59. The number of ketones is 1. The van der Waals surface area contributed by atoms with E-state index in [1.54, 1.807) is 30.3 Å². The Balaban J connectivity index is 2.37. The summed E-state index contributed by atoms with van der Waals surface area (Å²) in [6, 6.07) is 11.1. The van der Waals surface area contributed by atoms with Crippen molar-refractivity contribution in [3.05, 3.63) is 64.7 Å². The summed E-state index contributed by atoms with van der Waals surface area (Å²) in [4.78, 5) is 12.5. The smallest absolute Gasteiger partial charge is 0.185 e. The Kier molecular flexibility index (Phi) is 6.38. The Morgan fingerprint density at radius 3 is 1.89 bits per heavy atom. The molecule has 3 nitrogen and oxygen atoms in total. The number of carbonyl (C=O) groups excluding carboxylic acids is 1. The van der Waals surface area contributed by atoms with Gasteiger partial charge in [0, 0.05) is 16.7 Å². The summed E-state index contributed by atoms with van der Waals surface area (Å²) in [5.74, 6) is 1.03. The lowest BCUT2D eigenvalue weighted by Crippen LogP contribution is -2.17. The molecule has 0 saturated carbocycles.